The minimum Gasteiger partial charge on any atom is -0.462 e. The number of benzene rings is 1. The Labute approximate surface area is 121 Å². The van der Waals surface area contributed by atoms with Gasteiger partial charge in [0, 0.05) is 17.9 Å². The summed E-state index contributed by atoms with van der Waals surface area (Å²) in [6, 6.07) is 5.39. The molecule has 1 aromatic rings. The van der Waals surface area contributed by atoms with Crippen LogP contribution in [0.2, 0.25) is 0 Å². The number of nitrogens with one attached hydrogen (secondary N) is 1. The molecule has 0 aliphatic rings. The number of anilines is 2. The van der Waals surface area contributed by atoms with Gasteiger partial charge in [0.1, 0.15) is 0 Å². The van der Waals surface area contributed by atoms with Crippen LogP contribution in [-0.4, -0.2) is 19.1 Å². The van der Waals surface area contributed by atoms with Gasteiger partial charge < -0.3 is 15.8 Å². The number of nitrogen functional groups attached to an aromatic ring is 1. The molecule has 4 heteroatoms. The van der Waals surface area contributed by atoms with Crippen molar-refractivity contribution in [1.82, 2.24) is 0 Å². The highest BCUT2D eigenvalue weighted by molar-refractivity contribution is 5.96. The number of hydrogen-bond acceptors (Lipinski definition) is 4. The van der Waals surface area contributed by atoms with E-state index in [9.17, 15) is 4.79 Å². The average molecular weight is 278 g/mol. The third-order valence-corrected chi connectivity index (χ3v) is 3.09. The second-order valence-electron chi connectivity index (χ2n) is 5.34. The molecule has 0 saturated heterocycles. The van der Waals surface area contributed by atoms with Crippen molar-refractivity contribution >= 4 is 17.3 Å². The van der Waals surface area contributed by atoms with Crippen LogP contribution in [-0.2, 0) is 4.74 Å². The molecule has 0 bridgehead atoms. The zero-order chi connectivity index (χ0) is 15.0. The smallest absolute Gasteiger partial charge is 0.340 e. The Hall–Kier alpha value is -1.71. The lowest BCUT2D eigenvalue weighted by Gasteiger charge is -2.10. The highest BCUT2D eigenvalue weighted by Crippen LogP contribution is 2.19. The first-order valence-corrected chi connectivity index (χ1v) is 7.35. The molecule has 0 amide bonds. The normalized spacial score (nSPS) is 10.6. The molecular weight excluding hydrogens is 252 g/mol. The maximum atomic E-state index is 11.7. The fraction of sp³-hybridized carbons (Fsp3) is 0.562. The summed E-state index contributed by atoms with van der Waals surface area (Å²) >= 11 is 0. The third kappa shape index (κ3) is 5.51. The van der Waals surface area contributed by atoms with Gasteiger partial charge in [-0.2, -0.15) is 0 Å². The molecule has 1 aromatic carbocycles. The average Bonchev–Trinajstić information content (AvgIpc) is 2.40. The second-order valence-corrected chi connectivity index (χ2v) is 5.34. The number of carbonyl (C=O) groups is 1. The largest absolute Gasteiger partial charge is 0.462 e. The van der Waals surface area contributed by atoms with Crippen molar-refractivity contribution in [3.63, 3.8) is 0 Å². The van der Waals surface area contributed by atoms with Gasteiger partial charge in [0.2, 0.25) is 0 Å². The number of nitrogens with two attached hydrogens (primary N) is 1. The quantitative estimate of drug-likeness (QED) is 0.432. The molecule has 0 aliphatic heterocycles. The maximum Gasteiger partial charge on any atom is 0.340 e. The van der Waals surface area contributed by atoms with Crippen LogP contribution in [0.5, 0.6) is 0 Å². The van der Waals surface area contributed by atoms with E-state index in [4.69, 9.17) is 10.5 Å². The maximum absolute atomic E-state index is 11.7. The van der Waals surface area contributed by atoms with Crippen LogP contribution in [0.15, 0.2) is 18.2 Å². The molecule has 0 heterocycles. The number of hydrogen-bond donors (Lipinski definition) is 2. The van der Waals surface area contributed by atoms with E-state index in [-0.39, 0.29) is 5.97 Å². The predicted molar refractivity (Wildman–Crippen MR) is 84.0 cm³/mol. The van der Waals surface area contributed by atoms with Gasteiger partial charge in [0.25, 0.3) is 0 Å². The number of esters is 1. The molecule has 0 saturated carbocycles. The van der Waals surface area contributed by atoms with Crippen molar-refractivity contribution in [3.8, 4) is 0 Å². The van der Waals surface area contributed by atoms with E-state index in [0.29, 0.717) is 17.9 Å². The Balaban J connectivity index is 2.50. The lowest BCUT2D eigenvalue weighted by molar-refractivity contribution is 0.0527. The minimum atomic E-state index is -0.367. The molecular formula is C16H26N2O2. The summed E-state index contributed by atoms with van der Waals surface area (Å²) in [6.07, 6.45) is 3.58. The van der Waals surface area contributed by atoms with Gasteiger partial charge in [-0.05, 0) is 37.5 Å². The number of carbonyl (C=O) groups excluding carboxylic acids is 1. The SMILES string of the molecule is CCOC(=O)c1cc(NCCCCC(C)C)ccc1N. The van der Waals surface area contributed by atoms with Gasteiger partial charge >= 0.3 is 5.97 Å². The minimum absolute atomic E-state index is 0.352. The fourth-order valence-electron chi connectivity index (χ4n) is 1.96. The highest BCUT2D eigenvalue weighted by Gasteiger charge is 2.11. The van der Waals surface area contributed by atoms with E-state index < -0.39 is 0 Å². The summed E-state index contributed by atoms with van der Waals surface area (Å²) in [5, 5.41) is 3.32. The summed E-state index contributed by atoms with van der Waals surface area (Å²) in [4.78, 5) is 11.7. The van der Waals surface area contributed by atoms with Crippen molar-refractivity contribution in [2.45, 2.75) is 40.0 Å². The van der Waals surface area contributed by atoms with Crippen LogP contribution in [0.4, 0.5) is 11.4 Å². The van der Waals surface area contributed by atoms with E-state index in [2.05, 4.69) is 19.2 Å². The summed E-state index contributed by atoms with van der Waals surface area (Å²) in [5.74, 6) is 0.385. The van der Waals surface area contributed by atoms with Crippen LogP contribution in [0.1, 0.15) is 50.4 Å². The van der Waals surface area contributed by atoms with E-state index in [1.54, 1.807) is 19.1 Å². The molecule has 1 rings (SSSR count). The van der Waals surface area contributed by atoms with Gasteiger partial charge in [-0.15, -0.1) is 0 Å². The summed E-state index contributed by atoms with van der Waals surface area (Å²) in [7, 11) is 0. The van der Waals surface area contributed by atoms with Gasteiger partial charge in [0.15, 0.2) is 0 Å². The standard InChI is InChI=1S/C16H26N2O2/c1-4-20-16(19)14-11-13(8-9-15(14)17)18-10-6-5-7-12(2)3/h8-9,11-12,18H,4-7,10,17H2,1-3H3. The Morgan fingerprint density at radius 1 is 1.35 bits per heavy atom. The molecule has 0 spiro atoms. The van der Waals surface area contributed by atoms with Crippen molar-refractivity contribution in [3.05, 3.63) is 23.8 Å². The molecule has 112 valence electrons. The van der Waals surface area contributed by atoms with Crippen LogP contribution < -0.4 is 11.1 Å². The van der Waals surface area contributed by atoms with E-state index >= 15 is 0 Å². The van der Waals surface area contributed by atoms with Crippen LogP contribution in [0.3, 0.4) is 0 Å². The number of rotatable bonds is 8. The lowest BCUT2D eigenvalue weighted by atomic mass is 10.1. The molecule has 4 nitrogen and oxygen atoms in total. The molecule has 0 fully saturated rings. The molecule has 0 unspecified atom stereocenters. The van der Waals surface area contributed by atoms with Crippen LogP contribution >= 0.6 is 0 Å². The van der Waals surface area contributed by atoms with Crippen molar-refractivity contribution < 1.29 is 9.53 Å². The molecule has 0 aliphatic carbocycles. The predicted octanol–water partition coefficient (Wildman–Crippen LogP) is 3.68. The van der Waals surface area contributed by atoms with E-state index in [0.717, 1.165) is 24.6 Å². The van der Waals surface area contributed by atoms with Crippen molar-refractivity contribution in [2.24, 2.45) is 5.92 Å². The van der Waals surface area contributed by atoms with Crippen molar-refractivity contribution in [1.29, 1.82) is 0 Å². The first kappa shape index (κ1) is 16.3. The van der Waals surface area contributed by atoms with E-state index in [1.807, 2.05) is 6.07 Å². The Bertz CT molecular complexity index is 430. The zero-order valence-electron chi connectivity index (χ0n) is 12.7. The summed E-state index contributed by atoms with van der Waals surface area (Å²) < 4.78 is 4.99. The summed E-state index contributed by atoms with van der Waals surface area (Å²) in [6.45, 7) is 7.51. The van der Waals surface area contributed by atoms with Crippen molar-refractivity contribution in [2.75, 3.05) is 24.2 Å². The van der Waals surface area contributed by atoms with Gasteiger partial charge in [-0.3, -0.25) is 0 Å². The first-order valence-electron chi connectivity index (χ1n) is 7.35. The topological polar surface area (TPSA) is 64.3 Å². The third-order valence-electron chi connectivity index (χ3n) is 3.09. The Kier molecular flexibility index (Phi) is 6.91. The Morgan fingerprint density at radius 3 is 2.75 bits per heavy atom. The number of unbranched alkanes of at least 4 members (excludes halogenated alkanes) is 1. The van der Waals surface area contributed by atoms with Gasteiger partial charge in [-0.1, -0.05) is 26.7 Å². The van der Waals surface area contributed by atoms with Gasteiger partial charge in [-0.25, -0.2) is 4.79 Å². The fourth-order valence-corrected chi connectivity index (χ4v) is 1.96. The zero-order valence-corrected chi connectivity index (χ0v) is 12.7. The molecule has 3 N–H and O–H groups in total. The Morgan fingerprint density at radius 2 is 2.10 bits per heavy atom. The molecule has 20 heavy (non-hydrogen) atoms. The van der Waals surface area contributed by atoms with Crippen LogP contribution in [0.25, 0.3) is 0 Å². The monoisotopic (exact) mass is 278 g/mol. The first-order chi connectivity index (χ1) is 9.54. The molecule has 0 aromatic heterocycles. The second kappa shape index (κ2) is 8.46. The molecule has 0 atom stereocenters. The van der Waals surface area contributed by atoms with E-state index in [1.165, 1.54) is 12.8 Å². The van der Waals surface area contributed by atoms with Crippen LogP contribution in [0, 0.1) is 5.92 Å². The lowest BCUT2D eigenvalue weighted by Crippen LogP contribution is -2.09. The summed E-state index contributed by atoms with van der Waals surface area (Å²) in [5.41, 5.74) is 7.59. The molecule has 0 radical (unpaired) electrons. The number of ether oxygens (including phenoxy) is 1. The highest BCUT2D eigenvalue weighted by atomic mass is 16.5. The van der Waals surface area contributed by atoms with Gasteiger partial charge in [0.05, 0.1) is 12.2 Å².